The number of ether oxygens (including phenoxy) is 1. The Hall–Kier alpha value is -4.41. The van der Waals surface area contributed by atoms with Crippen molar-refractivity contribution >= 4 is 17.5 Å². The fourth-order valence-electron chi connectivity index (χ4n) is 3.73. The van der Waals surface area contributed by atoms with Crippen LogP contribution in [0.2, 0.25) is 0 Å². The molecule has 0 aliphatic carbocycles. The number of anilines is 1. The molecule has 2 amide bonds. The Morgan fingerprint density at radius 1 is 1.14 bits per heavy atom. The minimum Gasteiger partial charge on any atom is -0.494 e. The van der Waals surface area contributed by atoms with Gasteiger partial charge in [-0.15, -0.1) is 10.2 Å². The number of nitrogens with zero attached hydrogens (tertiary/aromatic N) is 5. The molecule has 1 atom stereocenters. The Bertz CT molecular complexity index is 1330. The zero-order valence-corrected chi connectivity index (χ0v) is 21.5. The van der Waals surface area contributed by atoms with Crippen LogP contribution in [0.1, 0.15) is 45.3 Å². The molecule has 0 spiro atoms. The number of amides is 2. The summed E-state index contributed by atoms with van der Waals surface area (Å²) in [5.74, 6) is 1.50. The topological polar surface area (TPSA) is 129 Å². The number of hydrogen-bond acceptors (Lipinski definition) is 8. The predicted octanol–water partition coefficient (Wildman–Crippen LogP) is 3.92. The number of tetrazole rings is 1. The highest BCUT2D eigenvalue weighted by molar-refractivity contribution is 6.01. The van der Waals surface area contributed by atoms with E-state index in [2.05, 4.69) is 20.7 Å². The van der Waals surface area contributed by atoms with Crippen LogP contribution < -0.4 is 15.0 Å². The van der Waals surface area contributed by atoms with Crippen molar-refractivity contribution in [2.75, 3.05) is 11.5 Å². The van der Waals surface area contributed by atoms with E-state index < -0.39 is 23.4 Å². The first-order chi connectivity index (χ1) is 17.6. The zero-order valence-electron chi connectivity index (χ0n) is 21.5. The molecule has 0 saturated heterocycles. The normalized spacial score (nSPS) is 12.2. The van der Waals surface area contributed by atoms with Crippen molar-refractivity contribution in [1.29, 1.82) is 0 Å². The lowest BCUT2D eigenvalue weighted by Crippen LogP contribution is -2.50. The standard InChI is InChI=1S/C26H30N6O5/c1-6-35-19-12-10-18(11-13-19)32(23(20-8-7-15-36-20)25(34)27-26(3,4)5)22(33)16-31-29-24(28-30-31)21-14-9-17(2)37-21/h7-15,23H,6,16H2,1-5H3,(H,27,34). The molecule has 3 aromatic heterocycles. The Morgan fingerprint density at radius 3 is 2.49 bits per heavy atom. The zero-order chi connectivity index (χ0) is 26.6. The first-order valence-corrected chi connectivity index (χ1v) is 11.9. The van der Waals surface area contributed by atoms with Crippen LogP contribution in [0.4, 0.5) is 5.69 Å². The molecule has 4 aromatic rings. The summed E-state index contributed by atoms with van der Waals surface area (Å²) in [6, 6.07) is 12.7. The minimum absolute atomic E-state index is 0.251. The second kappa shape index (κ2) is 10.7. The Labute approximate surface area is 214 Å². The molecule has 1 aromatic carbocycles. The number of aryl methyl sites for hydroxylation is 1. The largest absolute Gasteiger partial charge is 0.494 e. The minimum atomic E-state index is -1.09. The van der Waals surface area contributed by atoms with Crippen molar-refractivity contribution in [2.45, 2.75) is 52.7 Å². The summed E-state index contributed by atoms with van der Waals surface area (Å²) in [5, 5.41) is 15.2. The number of carbonyl (C=O) groups is 2. The molecule has 0 saturated carbocycles. The molecule has 11 heteroatoms. The van der Waals surface area contributed by atoms with Crippen LogP contribution in [0.5, 0.6) is 5.75 Å². The predicted molar refractivity (Wildman–Crippen MR) is 135 cm³/mol. The van der Waals surface area contributed by atoms with Crippen LogP contribution in [0.3, 0.4) is 0 Å². The van der Waals surface area contributed by atoms with Gasteiger partial charge >= 0.3 is 0 Å². The van der Waals surface area contributed by atoms with Gasteiger partial charge < -0.3 is 18.9 Å². The number of furan rings is 2. The van der Waals surface area contributed by atoms with E-state index in [1.165, 1.54) is 11.2 Å². The molecule has 37 heavy (non-hydrogen) atoms. The molecule has 3 heterocycles. The van der Waals surface area contributed by atoms with Gasteiger partial charge in [0.05, 0.1) is 12.9 Å². The van der Waals surface area contributed by atoms with E-state index in [0.29, 0.717) is 35.3 Å². The summed E-state index contributed by atoms with van der Waals surface area (Å²) < 4.78 is 16.7. The van der Waals surface area contributed by atoms with E-state index in [1.807, 2.05) is 34.6 Å². The lowest BCUT2D eigenvalue weighted by atomic mass is 10.1. The van der Waals surface area contributed by atoms with Gasteiger partial charge in [0, 0.05) is 11.2 Å². The summed E-state index contributed by atoms with van der Waals surface area (Å²) in [6.07, 6.45) is 1.46. The second-order valence-electron chi connectivity index (χ2n) is 9.40. The van der Waals surface area contributed by atoms with Crippen LogP contribution in [0.15, 0.2) is 63.6 Å². The highest BCUT2D eigenvalue weighted by Gasteiger charge is 2.36. The number of carbonyl (C=O) groups excluding carboxylic acids is 2. The Kier molecular flexibility index (Phi) is 7.42. The van der Waals surface area contributed by atoms with E-state index in [-0.39, 0.29) is 12.4 Å². The summed E-state index contributed by atoms with van der Waals surface area (Å²) in [6.45, 7) is 9.51. The van der Waals surface area contributed by atoms with Gasteiger partial charge in [0.25, 0.3) is 11.8 Å². The van der Waals surface area contributed by atoms with Gasteiger partial charge in [0.1, 0.15) is 23.8 Å². The third-order valence-corrected chi connectivity index (χ3v) is 5.20. The van der Waals surface area contributed by atoms with Crippen molar-refractivity contribution in [3.05, 3.63) is 66.3 Å². The summed E-state index contributed by atoms with van der Waals surface area (Å²) >= 11 is 0. The number of nitrogens with one attached hydrogen (secondary N) is 1. The van der Waals surface area contributed by atoms with Gasteiger partial charge in [-0.2, -0.15) is 4.80 Å². The summed E-state index contributed by atoms with van der Waals surface area (Å²) in [5.41, 5.74) is -0.0696. The van der Waals surface area contributed by atoms with Crippen LogP contribution in [-0.4, -0.2) is 44.2 Å². The molecule has 11 nitrogen and oxygen atoms in total. The first-order valence-electron chi connectivity index (χ1n) is 11.9. The molecule has 0 fully saturated rings. The van der Waals surface area contributed by atoms with Gasteiger partial charge in [0.15, 0.2) is 11.8 Å². The number of benzene rings is 1. The molecule has 1 N–H and O–H groups in total. The van der Waals surface area contributed by atoms with E-state index in [0.717, 1.165) is 4.80 Å². The third-order valence-electron chi connectivity index (χ3n) is 5.20. The van der Waals surface area contributed by atoms with E-state index in [1.54, 1.807) is 48.5 Å². The monoisotopic (exact) mass is 506 g/mol. The number of hydrogen-bond donors (Lipinski definition) is 1. The highest BCUT2D eigenvalue weighted by atomic mass is 16.5. The van der Waals surface area contributed by atoms with E-state index in [9.17, 15) is 9.59 Å². The van der Waals surface area contributed by atoms with Crippen molar-refractivity contribution in [2.24, 2.45) is 0 Å². The van der Waals surface area contributed by atoms with E-state index >= 15 is 0 Å². The van der Waals surface area contributed by atoms with E-state index in [4.69, 9.17) is 13.6 Å². The quantitative estimate of drug-likeness (QED) is 0.362. The maximum Gasteiger partial charge on any atom is 0.251 e. The third kappa shape index (κ3) is 6.24. The molecule has 0 aliphatic heterocycles. The average Bonchev–Trinajstić information content (AvgIpc) is 3.59. The molecule has 4 rings (SSSR count). The van der Waals surface area contributed by atoms with Crippen molar-refractivity contribution in [3.8, 4) is 17.3 Å². The maximum absolute atomic E-state index is 13.8. The van der Waals surface area contributed by atoms with Crippen molar-refractivity contribution in [1.82, 2.24) is 25.5 Å². The molecule has 0 aliphatic rings. The fourth-order valence-corrected chi connectivity index (χ4v) is 3.73. The molecule has 0 bridgehead atoms. The van der Waals surface area contributed by atoms with Crippen molar-refractivity contribution < 1.29 is 23.2 Å². The Morgan fingerprint density at radius 2 is 1.89 bits per heavy atom. The van der Waals surface area contributed by atoms with Crippen LogP contribution >= 0.6 is 0 Å². The van der Waals surface area contributed by atoms with Crippen molar-refractivity contribution in [3.63, 3.8) is 0 Å². The molecule has 1 unspecified atom stereocenters. The lowest BCUT2D eigenvalue weighted by molar-refractivity contribution is -0.128. The summed E-state index contributed by atoms with van der Waals surface area (Å²) in [7, 11) is 0. The fraction of sp³-hybridized carbons (Fsp3) is 0.346. The van der Waals surface area contributed by atoms with Gasteiger partial charge in [-0.05, 0) is 88.4 Å². The molecule has 194 valence electrons. The smallest absolute Gasteiger partial charge is 0.251 e. The SMILES string of the molecule is CCOc1ccc(N(C(=O)Cn2nnc(-c3ccc(C)o3)n2)C(C(=O)NC(C)(C)C)c2ccco2)cc1. The molecule has 0 radical (unpaired) electrons. The van der Waals surface area contributed by atoms with Crippen LogP contribution in [-0.2, 0) is 16.1 Å². The van der Waals surface area contributed by atoms with Crippen LogP contribution in [0, 0.1) is 6.92 Å². The number of aromatic nitrogens is 4. The summed E-state index contributed by atoms with van der Waals surface area (Å²) in [4.78, 5) is 29.9. The second-order valence-corrected chi connectivity index (χ2v) is 9.40. The van der Waals surface area contributed by atoms with Gasteiger partial charge in [-0.3, -0.25) is 14.5 Å². The maximum atomic E-state index is 13.8. The molecular formula is C26H30N6O5. The average molecular weight is 507 g/mol. The van der Waals surface area contributed by atoms with Gasteiger partial charge in [-0.25, -0.2) is 0 Å². The lowest BCUT2D eigenvalue weighted by Gasteiger charge is -2.32. The number of rotatable bonds is 9. The van der Waals surface area contributed by atoms with Crippen LogP contribution in [0.25, 0.3) is 11.6 Å². The highest BCUT2D eigenvalue weighted by Crippen LogP contribution is 2.31. The Balaban J connectivity index is 1.70. The molecular weight excluding hydrogens is 476 g/mol. The van der Waals surface area contributed by atoms with Gasteiger partial charge in [-0.1, -0.05) is 0 Å². The van der Waals surface area contributed by atoms with Gasteiger partial charge in [0.2, 0.25) is 5.82 Å². The first kappa shape index (κ1) is 25.7.